The van der Waals surface area contributed by atoms with Crippen LogP contribution >= 0.6 is 15.9 Å². The highest BCUT2D eigenvalue weighted by molar-refractivity contribution is 9.10. The number of aromatic nitrogens is 2. The van der Waals surface area contributed by atoms with Gasteiger partial charge >= 0.3 is 0 Å². The molecular weight excluding hydrogens is 404 g/mol. The van der Waals surface area contributed by atoms with Gasteiger partial charge in [-0.25, -0.2) is 9.97 Å². The van der Waals surface area contributed by atoms with Gasteiger partial charge in [-0.3, -0.25) is 4.79 Å². The molecule has 6 heteroatoms. The molecule has 0 saturated carbocycles. The van der Waals surface area contributed by atoms with Gasteiger partial charge in [0.25, 0.3) is 5.91 Å². The highest BCUT2D eigenvalue weighted by Crippen LogP contribution is 2.29. The zero-order valence-electron chi connectivity index (χ0n) is 16.5. The third-order valence-electron chi connectivity index (χ3n) is 4.98. The molecule has 0 bridgehead atoms. The van der Waals surface area contributed by atoms with Gasteiger partial charge in [0.1, 0.15) is 11.6 Å². The van der Waals surface area contributed by atoms with E-state index in [2.05, 4.69) is 46.6 Å². The first-order chi connectivity index (χ1) is 12.9. The van der Waals surface area contributed by atoms with E-state index >= 15 is 0 Å². The number of hydrogen-bond donors (Lipinski definition) is 0. The number of nitrogens with zero attached hydrogens (tertiary/aromatic N) is 4. The summed E-state index contributed by atoms with van der Waals surface area (Å²) < 4.78 is 0.983. The molecule has 3 rings (SSSR count). The molecule has 0 N–H and O–H groups in total. The number of rotatable bonds is 3. The largest absolute Gasteiger partial charge is 0.354 e. The van der Waals surface area contributed by atoms with Crippen LogP contribution in [0.15, 0.2) is 28.7 Å². The zero-order chi connectivity index (χ0) is 19.6. The standard InChI is InChI=1S/C21H27BrN4O/c1-14(2)19-15(3)23-16(4)24-20(19)25-10-5-11-26(13-12-25)21(27)17-6-8-18(22)9-7-17/h6-9,14H,5,10-13H2,1-4H3. The SMILES string of the molecule is Cc1nc(C)c(C(C)C)c(N2CCCN(C(=O)c3ccc(Br)cc3)CC2)n1. The van der Waals surface area contributed by atoms with Crippen LogP contribution in [0.1, 0.15) is 53.6 Å². The molecule has 144 valence electrons. The van der Waals surface area contributed by atoms with Crippen LogP contribution < -0.4 is 4.90 Å². The molecule has 0 atom stereocenters. The van der Waals surface area contributed by atoms with Gasteiger partial charge < -0.3 is 9.80 Å². The minimum atomic E-state index is 0.100. The van der Waals surface area contributed by atoms with E-state index in [-0.39, 0.29) is 5.91 Å². The van der Waals surface area contributed by atoms with Crippen molar-refractivity contribution in [1.29, 1.82) is 0 Å². The summed E-state index contributed by atoms with van der Waals surface area (Å²) >= 11 is 3.42. The fourth-order valence-electron chi connectivity index (χ4n) is 3.73. The lowest BCUT2D eigenvalue weighted by molar-refractivity contribution is 0.0767. The zero-order valence-corrected chi connectivity index (χ0v) is 18.1. The van der Waals surface area contributed by atoms with Gasteiger partial charge in [0.05, 0.1) is 0 Å². The molecule has 1 amide bonds. The Labute approximate surface area is 169 Å². The Morgan fingerprint density at radius 1 is 1.04 bits per heavy atom. The Morgan fingerprint density at radius 2 is 1.74 bits per heavy atom. The average Bonchev–Trinajstić information content (AvgIpc) is 2.86. The van der Waals surface area contributed by atoms with Crippen molar-refractivity contribution < 1.29 is 4.79 Å². The topological polar surface area (TPSA) is 49.3 Å². The van der Waals surface area contributed by atoms with Crippen molar-refractivity contribution in [2.75, 3.05) is 31.1 Å². The molecule has 0 spiro atoms. The quantitative estimate of drug-likeness (QED) is 0.726. The molecule has 0 unspecified atom stereocenters. The van der Waals surface area contributed by atoms with E-state index in [4.69, 9.17) is 4.98 Å². The number of halogens is 1. The first-order valence-electron chi connectivity index (χ1n) is 9.51. The van der Waals surface area contributed by atoms with Crippen molar-refractivity contribution >= 4 is 27.7 Å². The summed E-state index contributed by atoms with van der Waals surface area (Å²) in [6.07, 6.45) is 0.932. The Balaban J connectivity index is 1.79. The fraction of sp³-hybridized carbons (Fsp3) is 0.476. The summed E-state index contributed by atoms with van der Waals surface area (Å²) in [4.78, 5) is 26.5. The molecule has 1 fully saturated rings. The third-order valence-corrected chi connectivity index (χ3v) is 5.51. The van der Waals surface area contributed by atoms with Gasteiger partial charge in [0.2, 0.25) is 0 Å². The normalized spacial score (nSPS) is 15.2. The van der Waals surface area contributed by atoms with Crippen molar-refractivity contribution in [3.05, 3.63) is 51.4 Å². The van der Waals surface area contributed by atoms with Crippen molar-refractivity contribution in [3.63, 3.8) is 0 Å². The molecule has 1 aliphatic heterocycles. The van der Waals surface area contributed by atoms with Crippen LogP contribution in [-0.2, 0) is 0 Å². The molecule has 2 heterocycles. The van der Waals surface area contributed by atoms with Crippen molar-refractivity contribution in [2.24, 2.45) is 0 Å². The number of aryl methyl sites for hydroxylation is 2. The summed E-state index contributed by atoms with van der Waals surface area (Å²) in [5, 5.41) is 0. The predicted molar refractivity (Wildman–Crippen MR) is 112 cm³/mol. The van der Waals surface area contributed by atoms with E-state index in [1.807, 2.05) is 36.1 Å². The van der Waals surface area contributed by atoms with Crippen LogP contribution in [0.25, 0.3) is 0 Å². The summed E-state index contributed by atoms with van der Waals surface area (Å²) in [6.45, 7) is 11.5. The molecule has 0 aliphatic carbocycles. The number of amides is 1. The molecule has 1 aliphatic rings. The van der Waals surface area contributed by atoms with Crippen LogP contribution in [0.5, 0.6) is 0 Å². The minimum absolute atomic E-state index is 0.100. The maximum Gasteiger partial charge on any atom is 0.253 e. The van der Waals surface area contributed by atoms with E-state index in [1.54, 1.807) is 0 Å². The van der Waals surface area contributed by atoms with E-state index in [0.717, 1.165) is 53.4 Å². The summed E-state index contributed by atoms with van der Waals surface area (Å²) in [5.74, 6) is 2.31. The highest BCUT2D eigenvalue weighted by atomic mass is 79.9. The Bertz CT molecular complexity index is 820. The van der Waals surface area contributed by atoms with E-state index < -0.39 is 0 Å². The molecule has 5 nitrogen and oxygen atoms in total. The maximum absolute atomic E-state index is 12.9. The van der Waals surface area contributed by atoms with Gasteiger partial charge in [-0.05, 0) is 50.5 Å². The van der Waals surface area contributed by atoms with Crippen LogP contribution in [0, 0.1) is 13.8 Å². The van der Waals surface area contributed by atoms with Crippen LogP contribution in [-0.4, -0.2) is 47.0 Å². The van der Waals surface area contributed by atoms with E-state index in [1.165, 1.54) is 5.56 Å². The molecule has 0 radical (unpaired) electrons. The van der Waals surface area contributed by atoms with Gasteiger partial charge in [-0.15, -0.1) is 0 Å². The molecule has 1 aromatic carbocycles. The predicted octanol–water partition coefficient (Wildman–Crippen LogP) is 4.33. The summed E-state index contributed by atoms with van der Waals surface area (Å²) in [7, 11) is 0. The monoisotopic (exact) mass is 430 g/mol. The van der Waals surface area contributed by atoms with E-state index in [0.29, 0.717) is 12.5 Å². The molecule has 2 aromatic rings. The van der Waals surface area contributed by atoms with Crippen LogP contribution in [0.3, 0.4) is 0 Å². The van der Waals surface area contributed by atoms with E-state index in [9.17, 15) is 4.79 Å². The first-order valence-corrected chi connectivity index (χ1v) is 10.3. The Morgan fingerprint density at radius 3 is 2.41 bits per heavy atom. The molecule has 1 saturated heterocycles. The fourth-order valence-corrected chi connectivity index (χ4v) is 3.99. The maximum atomic E-state index is 12.9. The number of carbonyl (C=O) groups is 1. The second kappa shape index (κ2) is 8.38. The minimum Gasteiger partial charge on any atom is -0.354 e. The lowest BCUT2D eigenvalue weighted by Crippen LogP contribution is -2.35. The molecule has 1 aromatic heterocycles. The first kappa shape index (κ1) is 19.8. The lowest BCUT2D eigenvalue weighted by atomic mass is 10.0. The highest BCUT2D eigenvalue weighted by Gasteiger charge is 2.24. The summed E-state index contributed by atoms with van der Waals surface area (Å²) in [5.41, 5.74) is 3.01. The smallest absolute Gasteiger partial charge is 0.253 e. The number of carbonyl (C=O) groups excluding carboxylic acids is 1. The second-order valence-corrected chi connectivity index (χ2v) is 8.30. The van der Waals surface area contributed by atoms with Gasteiger partial charge in [-0.2, -0.15) is 0 Å². The van der Waals surface area contributed by atoms with Crippen LogP contribution in [0.2, 0.25) is 0 Å². The Hall–Kier alpha value is -1.95. The third kappa shape index (κ3) is 4.49. The van der Waals surface area contributed by atoms with Crippen molar-refractivity contribution in [2.45, 2.75) is 40.0 Å². The summed E-state index contributed by atoms with van der Waals surface area (Å²) in [6, 6.07) is 7.59. The molecule has 27 heavy (non-hydrogen) atoms. The van der Waals surface area contributed by atoms with Crippen LogP contribution in [0.4, 0.5) is 5.82 Å². The van der Waals surface area contributed by atoms with Gasteiger partial charge in [-0.1, -0.05) is 29.8 Å². The van der Waals surface area contributed by atoms with Gasteiger partial charge in [0, 0.05) is 47.5 Å². The van der Waals surface area contributed by atoms with Crippen molar-refractivity contribution in [3.8, 4) is 0 Å². The molecular formula is C21H27BrN4O. The van der Waals surface area contributed by atoms with Crippen molar-refractivity contribution in [1.82, 2.24) is 14.9 Å². The number of hydrogen-bond acceptors (Lipinski definition) is 4. The Kier molecular flexibility index (Phi) is 6.15. The number of benzene rings is 1. The lowest BCUT2D eigenvalue weighted by Gasteiger charge is -2.27. The average molecular weight is 431 g/mol. The van der Waals surface area contributed by atoms with Gasteiger partial charge in [0.15, 0.2) is 0 Å². The second-order valence-electron chi connectivity index (χ2n) is 7.39. The number of anilines is 1.